The molecule has 0 aliphatic rings. The highest BCUT2D eigenvalue weighted by Crippen LogP contribution is 2.17. The van der Waals surface area contributed by atoms with Crippen LogP contribution in [0.4, 0.5) is 11.4 Å². The zero-order valence-electron chi connectivity index (χ0n) is 31.8. The van der Waals surface area contributed by atoms with Gasteiger partial charge >= 0.3 is 29.0 Å². The van der Waals surface area contributed by atoms with Crippen LogP contribution >= 0.6 is 0 Å². The highest BCUT2D eigenvalue weighted by molar-refractivity contribution is 6.12. The minimum Gasteiger partial charge on any atom is -0.459 e. The molecule has 0 fully saturated rings. The fraction of sp³-hybridized carbons (Fsp3) is 0.159. The van der Waals surface area contributed by atoms with Crippen LogP contribution in [0.5, 0.6) is 0 Å². The number of aliphatic hydroxyl groups excluding tert-OH is 2. The van der Waals surface area contributed by atoms with E-state index in [9.17, 15) is 43.8 Å². The number of amides is 2. The van der Waals surface area contributed by atoms with Crippen molar-refractivity contribution in [3.05, 3.63) is 175 Å². The Balaban J connectivity index is 1.26. The predicted octanol–water partition coefficient (Wildman–Crippen LogP) is 2.26. The monoisotopic (exact) mass is 811 g/mol. The van der Waals surface area contributed by atoms with Gasteiger partial charge in [-0.15, -0.1) is 19.4 Å². The van der Waals surface area contributed by atoms with E-state index in [4.69, 9.17) is 22.3 Å². The highest BCUT2D eigenvalue weighted by Gasteiger charge is 2.24. The van der Waals surface area contributed by atoms with Crippen LogP contribution in [-0.4, -0.2) is 73.1 Å². The third-order valence-corrected chi connectivity index (χ3v) is 8.65. The molecule has 60 heavy (non-hydrogen) atoms. The van der Waals surface area contributed by atoms with Gasteiger partial charge in [-0.2, -0.15) is 0 Å². The molecule has 0 radical (unpaired) electrons. The Morgan fingerprint density at radius 2 is 1.00 bits per heavy atom. The molecule has 2 amide bonds. The van der Waals surface area contributed by atoms with E-state index >= 15 is 0 Å². The van der Waals surface area contributed by atoms with E-state index in [1.807, 2.05) is 0 Å². The Labute approximate surface area is 342 Å². The molecule has 0 saturated carbocycles. The Hall–Kier alpha value is -8.05. The summed E-state index contributed by atoms with van der Waals surface area (Å²) in [6.07, 6.45) is 8.71. The first-order valence-corrected chi connectivity index (χ1v) is 18.0. The summed E-state index contributed by atoms with van der Waals surface area (Å²) in [5.74, 6) is 1.60. The molecular weight excluding hydrogens is 775 g/mol. The molecule has 304 valence electrons. The summed E-state index contributed by atoms with van der Waals surface area (Å²) in [5, 5.41) is 26.9. The minimum absolute atomic E-state index is 0.0552. The van der Waals surface area contributed by atoms with Crippen LogP contribution in [0.3, 0.4) is 0 Å². The number of aromatic nitrogens is 3. The Bertz CT molecular complexity index is 2560. The van der Waals surface area contributed by atoms with Gasteiger partial charge in [0.2, 0.25) is 0 Å². The van der Waals surface area contributed by atoms with E-state index in [0.717, 1.165) is 0 Å². The lowest BCUT2D eigenvalue weighted by molar-refractivity contribution is 0.0187. The Morgan fingerprint density at radius 3 is 1.38 bits per heavy atom. The van der Waals surface area contributed by atoms with Crippen LogP contribution in [0.15, 0.2) is 124 Å². The molecule has 0 bridgehead atoms. The van der Waals surface area contributed by atoms with Crippen molar-refractivity contribution in [2.24, 2.45) is 0 Å². The van der Waals surface area contributed by atoms with Gasteiger partial charge in [0, 0.05) is 22.5 Å². The molecule has 4 aromatic carbocycles. The fourth-order valence-corrected chi connectivity index (χ4v) is 5.79. The normalized spacial score (nSPS) is 11.5. The smallest absolute Gasteiger partial charge is 0.339 e. The molecule has 16 nitrogen and oxygen atoms in total. The van der Waals surface area contributed by atoms with Crippen molar-refractivity contribution in [1.82, 2.24) is 13.7 Å². The van der Waals surface area contributed by atoms with Crippen LogP contribution in [-0.2, 0) is 29.1 Å². The molecule has 4 N–H and O–H groups in total. The molecule has 0 saturated heterocycles. The SMILES string of the molecule is C#Cc1cccc(NC(=O)c2ccccc2C(=O)OCC(O)Cn2c(=O)n(CC=C)c(=O)n(CC(O)COC(=O)c3ccccc3C(=O)Nc3cccc(C#C)c3)c2=O)c1. The van der Waals surface area contributed by atoms with Crippen molar-refractivity contribution in [3.8, 4) is 24.7 Å². The quantitative estimate of drug-likeness (QED) is 0.0644. The van der Waals surface area contributed by atoms with Crippen LogP contribution in [0, 0.1) is 24.7 Å². The summed E-state index contributed by atoms with van der Waals surface area (Å²) in [6.45, 7) is 0.107. The highest BCUT2D eigenvalue weighted by atomic mass is 16.5. The first kappa shape index (κ1) is 43.1. The van der Waals surface area contributed by atoms with Crippen LogP contribution in [0.1, 0.15) is 52.6 Å². The molecule has 1 aromatic heterocycles. The first-order chi connectivity index (χ1) is 28.8. The second-order valence-electron chi connectivity index (χ2n) is 12.9. The zero-order valence-corrected chi connectivity index (χ0v) is 31.8. The molecule has 5 aromatic rings. The summed E-state index contributed by atoms with van der Waals surface area (Å²) < 4.78 is 12.1. The number of terminal acetylenes is 2. The Kier molecular flexibility index (Phi) is 14.3. The number of aliphatic hydroxyl groups is 2. The van der Waals surface area contributed by atoms with E-state index in [2.05, 4.69) is 29.1 Å². The van der Waals surface area contributed by atoms with Crippen molar-refractivity contribution < 1.29 is 38.9 Å². The van der Waals surface area contributed by atoms with E-state index in [1.165, 1.54) is 54.6 Å². The summed E-state index contributed by atoms with van der Waals surface area (Å²) in [5.41, 5.74) is -2.13. The van der Waals surface area contributed by atoms with Gasteiger partial charge in [-0.3, -0.25) is 9.59 Å². The number of hydrogen-bond donors (Lipinski definition) is 4. The summed E-state index contributed by atoms with van der Waals surface area (Å²) >= 11 is 0. The average molecular weight is 812 g/mol. The maximum Gasteiger partial charge on any atom is 0.339 e. The maximum atomic E-state index is 13.5. The third-order valence-electron chi connectivity index (χ3n) is 8.65. The number of nitrogens with zero attached hydrogens (tertiary/aromatic N) is 3. The van der Waals surface area contributed by atoms with Gasteiger partial charge in [0.15, 0.2) is 0 Å². The lowest BCUT2D eigenvalue weighted by Gasteiger charge is -2.18. The number of carbonyl (C=O) groups is 4. The van der Waals surface area contributed by atoms with E-state index in [-0.39, 0.29) is 28.8 Å². The molecular formula is C44H37N5O11. The molecule has 2 atom stereocenters. The van der Waals surface area contributed by atoms with Gasteiger partial charge in [-0.25, -0.2) is 37.7 Å². The number of carbonyl (C=O) groups excluding carboxylic acids is 4. The van der Waals surface area contributed by atoms with Crippen molar-refractivity contribution in [3.63, 3.8) is 0 Å². The Morgan fingerprint density at radius 1 is 0.617 bits per heavy atom. The number of ether oxygens (including phenoxy) is 2. The minimum atomic E-state index is -1.68. The number of benzene rings is 4. The van der Waals surface area contributed by atoms with Gasteiger partial charge in [0.05, 0.1) is 41.9 Å². The van der Waals surface area contributed by atoms with Crippen LogP contribution < -0.4 is 27.7 Å². The third kappa shape index (κ3) is 10.5. The summed E-state index contributed by atoms with van der Waals surface area (Å²) in [6, 6.07) is 24.4. The zero-order chi connectivity index (χ0) is 43.3. The van der Waals surface area contributed by atoms with Crippen LogP contribution in [0.25, 0.3) is 0 Å². The van der Waals surface area contributed by atoms with Crippen molar-refractivity contribution in [2.75, 3.05) is 23.8 Å². The van der Waals surface area contributed by atoms with Gasteiger partial charge in [-0.1, -0.05) is 54.3 Å². The van der Waals surface area contributed by atoms with E-state index in [1.54, 1.807) is 48.5 Å². The topological polar surface area (TPSA) is 217 Å². The van der Waals surface area contributed by atoms with Crippen molar-refractivity contribution in [1.29, 1.82) is 0 Å². The maximum absolute atomic E-state index is 13.5. The van der Waals surface area contributed by atoms with Crippen LogP contribution in [0.2, 0.25) is 0 Å². The van der Waals surface area contributed by atoms with Gasteiger partial charge in [0.1, 0.15) is 25.4 Å². The van der Waals surface area contributed by atoms with Crippen molar-refractivity contribution in [2.45, 2.75) is 31.8 Å². The van der Waals surface area contributed by atoms with Crippen molar-refractivity contribution >= 4 is 35.1 Å². The molecule has 2 unspecified atom stereocenters. The summed E-state index contributed by atoms with van der Waals surface area (Å²) in [7, 11) is 0. The standard InChI is InChI=1S/C44H37N5O11/c1-4-21-47-42(56)48(24-32(50)26-59-40(54)36-19-9-7-17-34(36)38(52)45-30-15-11-13-28(5-2)22-30)44(58)49(43(47)57)25-33(51)27-60-41(55)37-20-10-8-18-35(37)39(53)46-31-16-12-14-29(6-3)23-31/h2-4,7-20,22-23,32-33,50-51H,1,21,24-27H2,(H,45,52)(H,46,53). The molecule has 5 rings (SSSR count). The average Bonchev–Trinajstić information content (AvgIpc) is 3.26. The molecule has 16 heteroatoms. The fourth-order valence-electron chi connectivity index (χ4n) is 5.79. The number of rotatable bonds is 16. The van der Waals surface area contributed by atoms with Gasteiger partial charge < -0.3 is 30.3 Å². The van der Waals surface area contributed by atoms with E-state index in [0.29, 0.717) is 36.2 Å². The summed E-state index contributed by atoms with van der Waals surface area (Å²) in [4.78, 5) is 92.4. The number of hydrogen-bond acceptors (Lipinski definition) is 11. The lowest BCUT2D eigenvalue weighted by Crippen LogP contribution is -2.56. The largest absolute Gasteiger partial charge is 0.459 e. The molecule has 1 heterocycles. The lowest BCUT2D eigenvalue weighted by atomic mass is 10.1. The number of esters is 2. The molecule has 0 aliphatic heterocycles. The van der Waals surface area contributed by atoms with Gasteiger partial charge in [0.25, 0.3) is 11.8 Å². The second kappa shape index (κ2) is 19.9. The first-order valence-electron chi connectivity index (χ1n) is 18.0. The van der Waals surface area contributed by atoms with Gasteiger partial charge in [-0.05, 0) is 60.7 Å². The predicted molar refractivity (Wildman–Crippen MR) is 220 cm³/mol. The second-order valence-corrected chi connectivity index (χ2v) is 12.9. The number of nitrogens with one attached hydrogen (secondary N) is 2. The molecule has 0 spiro atoms. The number of anilines is 2. The molecule has 0 aliphatic carbocycles. The van der Waals surface area contributed by atoms with E-state index < -0.39 is 79.3 Å². The number of allylic oxidation sites excluding steroid dienone is 1.